The van der Waals surface area contributed by atoms with Crippen molar-refractivity contribution in [1.29, 1.82) is 0 Å². The largest absolute Gasteiger partial charge is 0.504 e. The maximum atomic E-state index is 10.0. The number of aromatic hydroxyl groups is 1. The summed E-state index contributed by atoms with van der Waals surface area (Å²) in [5.41, 5.74) is 0.674. The summed E-state index contributed by atoms with van der Waals surface area (Å²) < 4.78 is 5.10. The quantitative estimate of drug-likeness (QED) is 0.799. The van der Waals surface area contributed by atoms with E-state index in [0.29, 0.717) is 23.9 Å². The van der Waals surface area contributed by atoms with Gasteiger partial charge in [0.25, 0.3) is 0 Å². The molecule has 0 saturated carbocycles. The average Bonchev–Trinajstić information content (AvgIpc) is 2.98. The first kappa shape index (κ1) is 15.5. The van der Waals surface area contributed by atoms with Gasteiger partial charge in [0.15, 0.2) is 11.5 Å². The van der Waals surface area contributed by atoms with Gasteiger partial charge in [0, 0.05) is 11.8 Å². The van der Waals surface area contributed by atoms with Crippen LogP contribution in [0.5, 0.6) is 11.5 Å². The number of benzene rings is 1. The molecule has 0 aliphatic heterocycles. The van der Waals surface area contributed by atoms with Crippen LogP contribution < -0.4 is 9.64 Å². The van der Waals surface area contributed by atoms with Crippen molar-refractivity contribution in [1.82, 2.24) is 0 Å². The van der Waals surface area contributed by atoms with Crippen molar-refractivity contribution in [2.24, 2.45) is 4.99 Å². The summed E-state index contributed by atoms with van der Waals surface area (Å²) in [5, 5.41) is 12.1. The van der Waals surface area contributed by atoms with Crippen molar-refractivity contribution < 1.29 is 14.7 Å². The number of phenols is 1. The first-order chi connectivity index (χ1) is 10.1. The van der Waals surface area contributed by atoms with E-state index in [0.717, 1.165) is 0 Å². The van der Waals surface area contributed by atoms with E-state index in [4.69, 9.17) is 4.74 Å². The highest BCUT2D eigenvalue weighted by atomic mass is 32.1. The van der Waals surface area contributed by atoms with Crippen LogP contribution in [0.15, 0.2) is 40.7 Å². The van der Waals surface area contributed by atoms with E-state index in [1.807, 2.05) is 12.1 Å². The predicted octanol–water partition coefficient (Wildman–Crippen LogP) is 1.77. The van der Waals surface area contributed by atoms with Crippen molar-refractivity contribution in [3.8, 4) is 11.5 Å². The fourth-order valence-corrected chi connectivity index (χ4v) is 3.06. The third-order valence-corrected chi connectivity index (χ3v) is 4.34. The number of thiophene rings is 1. The second-order valence-electron chi connectivity index (χ2n) is 5.04. The number of nitrogens with zero attached hydrogens (tertiary/aromatic N) is 1. The molecule has 0 amide bonds. The van der Waals surface area contributed by atoms with Crippen LogP contribution >= 0.6 is 11.3 Å². The second kappa shape index (κ2) is 7.24. The molecule has 0 radical (unpaired) electrons. The maximum Gasteiger partial charge on any atom is 0.166 e. The molecule has 2 aromatic rings. The molecule has 0 spiro atoms. The van der Waals surface area contributed by atoms with Crippen LogP contribution in [0, 0.1) is 0 Å². The molecule has 2 N–H and O–H groups in total. The Morgan fingerprint density at radius 1 is 1.33 bits per heavy atom. The molecule has 112 valence electrons. The molecular weight excluding hydrogens is 284 g/mol. The highest BCUT2D eigenvalue weighted by molar-refractivity contribution is 7.10. The normalized spacial score (nSPS) is 13.0. The number of rotatable bonds is 6. The highest BCUT2D eigenvalue weighted by Crippen LogP contribution is 2.28. The van der Waals surface area contributed by atoms with E-state index in [1.54, 1.807) is 23.6 Å². The molecule has 2 rings (SSSR count). The third-order valence-electron chi connectivity index (χ3n) is 3.35. The van der Waals surface area contributed by atoms with Gasteiger partial charge in [-0.15, -0.1) is 11.3 Å². The van der Waals surface area contributed by atoms with Gasteiger partial charge in [0.2, 0.25) is 0 Å². The van der Waals surface area contributed by atoms with Crippen LogP contribution in [0.4, 0.5) is 0 Å². The average molecular weight is 305 g/mol. The first-order valence-electron chi connectivity index (χ1n) is 6.82. The zero-order valence-corrected chi connectivity index (χ0v) is 13.4. The lowest BCUT2D eigenvalue weighted by Gasteiger charge is -2.18. The van der Waals surface area contributed by atoms with Gasteiger partial charge in [-0.2, -0.15) is 0 Å². The van der Waals surface area contributed by atoms with Crippen LogP contribution in [0.1, 0.15) is 16.5 Å². The van der Waals surface area contributed by atoms with Gasteiger partial charge in [0.05, 0.1) is 32.6 Å². The minimum absolute atomic E-state index is 0.133. The molecular formula is C16H21N2O2S+. The first-order valence-corrected chi connectivity index (χ1v) is 7.70. The summed E-state index contributed by atoms with van der Waals surface area (Å²) in [4.78, 5) is 7.16. The Morgan fingerprint density at radius 3 is 2.76 bits per heavy atom. The van der Waals surface area contributed by atoms with Crippen molar-refractivity contribution >= 4 is 17.6 Å². The Labute approximate surface area is 129 Å². The van der Waals surface area contributed by atoms with Crippen LogP contribution in [0.3, 0.4) is 0 Å². The topological polar surface area (TPSA) is 46.3 Å². The number of phenolic OH excluding ortho intramolecular Hbond substituents is 1. The Balaban J connectivity index is 2.11. The molecule has 4 nitrogen and oxygen atoms in total. The van der Waals surface area contributed by atoms with E-state index in [2.05, 4.69) is 36.6 Å². The predicted molar refractivity (Wildman–Crippen MR) is 87.0 cm³/mol. The van der Waals surface area contributed by atoms with Crippen molar-refractivity contribution in [3.05, 3.63) is 46.2 Å². The number of methoxy groups -OCH3 is 1. The number of para-hydroxylation sites is 1. The Bertz CT molecular complexity index is 594. The van der Waals surface area contributed by atoms with Gasteiger partial charge in [0.1, 0.15) is 6.04 Å². The van der Waals surface area contributed by atoms with Gasteiger partial charge in [-0.25, -0.2) is 0 Å². The monoisotopic (exact) mass is 305 g/mol. The van der Waals surface area contributed by atoms with E-state index in [-0.39, 0.29) is 5.75 Å². The lowest BCUT2D eigenvalue weighted by atomic mass is 10.2. The molecule has 0 saturated heterocycles. The van der Waals surface area contributed by atoms with Crippen molar-refractivity contribution in [2.45, 2.75) is 6.04 Å². The summed E-state index contributed by atoms with van der Waals surface area (Å²) >= 11 is 1.75. The van der Waals surface area contributed by atoms with Gasteiger partial charge >= 0.3 is 0 Å². The van der Waals surface area contributed by atoms with Crippen molar-refractivity contribution in [2.75, 3.05) is 27.7 Å². The summed E-state index contributed by atoms with van der Waals surface area (Å²) in [7, 11) is 5.80. The minimum atomic E-state index is 0.133. The number of hydrogen-bond acceptors (Lipinski definition) is 4. The molecule has 1 aromatic carbocycles. The molecule has 1 heterocycles. The number of ether oxygens (including phenoxy) is 1. The van der Waals surface area contributed by atoms with Gasteiger partial charge < -0.3 is 14.7 Å². The fraction of sp³-hybridized carbons (Fsp3) is 0.312. The molecule has 1 atom stereocenters. The minimum Gasteiger partial charge on any atom is -0.504 e. The van der Waals surface area contributed by atoms with Gasteiger partial charge in [-0.05, 0) is 23.6 Å². The second-order valence-corrected chi connectivity index (χ2v) is 6.02. The SMILES string of the molecule is COc1cccc(C=NC[C@@H](c2cccs2)[NH+](C)C)c1O. The van der Waals surface area contributed by atoms with Crippen LogP contribution in [0.25, 0.3) is 0 Å². The van der Waals surface area contributed by atoms with Crippen LogP contribution in [-0.4, -0.2) is 39.1 Å². The Hall–Kier alpha value is -1.85. The lowest BCUT2D eigenvalue weighted by Crippen LogP contribution is -3.06. The third kappa shape index (κ3) is 3.83. The maximum absolute atomic E-state index is 10.0. The zero-order chi connectivity index (χ0) is 15.2. The Morgan fingerprint density at radius 2 is 2.14 bits per heavy atom. The van der Waals surface area contributed by atoms with Crippen LogP contribution in [-0.2, 0) is 0 Å². The van der Waals surface area contributed by atoms with Gasteiger partial charge in [-0.1, -0.05) is 12.1 Å². The zero-order valence-electron chi connectivity index (χ0n) is 12.5. The standard InChI is InChI=1S/C16H20N2O2S/c1-18(2)13(15-8-5-9-21-15)11-17-10-12-6-4-7-14(20-3)16(12)19/h4-10,13,19H,11H2,1-3H3/p+1/t13-/m0/s1. The fourth-order valence-electron chi connectivity index (χ4n) is 2.11. The summed E-state index contributed by atoms with van der Waals surface area (Å²) in [5.74, 6) is 0.598. The number of likely N-dealkylation sites (N-methyl/N-ethyl adjacent to an activating group) is 1. The lowest BCUT2D eigenvalue weighted by molar-refractivity contribution is -0.890. The molecule has 5 heteroatoms. The van der Waals surface area contributed by atoms with E-state index in [9.17, 15) is 5.11 Å². The van der Waals surface area contributed by atoms with E-state index < -0.39 is 0 Å². The van der Waals surface area contributed by atoms with E-state index >= 15 is 0 Å². The summed E-state index contributed by atoms with van der Waals surface area (Å²) in [6.07, 6.45) is 1.71. The summed E-state index contributed by atoms with van der Waals surface area (Å²) in [6.45, 7) is 0.680. The van der Waals surface area contributed by atoms with Gasteiger partial charge in [-0.3, -0.25) is 4.99 Å². The molecule has 0 aliphatic rings. The molecule has 0 fully saturated rings. The smallest absolute Gasteiger partial charge is 0.166 e. The summed E-state index contributed by atoms with van der Waals surface area (Å²) in [6, 6.07) is 9.92. The number of nitrogens with one attached hydrogen (secondary N) is 1. The molecule has 0 aliphatic carbocycles. The molecule has 0 unspecified atom stereocenters. The Kier molecular flexibility index (Phi) is 5.36. The number of aliphatic imine (C=N–C) groups is 1. The number of quaternary nitrogens is 1. The molecule has 1 aromatic heterocycles. The number of hydrogen-bond donors (Lipinski definition) is 2. The van der Waals surface area contributed by atoms with E-state index in [1.165, 1.54) is 16.9 Å². The van der Waals surface area contributed by atoms with Crippen molar-refractivity contribution in [3.63, 3.8) is 0 Å². The molecule has 0 bridgehead atoms. The van der Waals surface area contributed by atoms with Crippen LogP contribution in [0.2, 0.25) is 0 Å². The molecule has 21 heavy (non-hydrogen) atoms. The highest BCUT2D eigenvalue weighted by Gasteiger charge is 2.17.